The van der Waals surface area contributed by atoms with Gasteiger partial charge >= 0.3 is 0 Å². The van der Waals surface area contributed by atoms with Crippen molar-refractivity contribution in [2.75, 3.05) is 49.5 Å². The molecular formula is C25H44N6. The fourth-order valence-corrected chi connectivity index (χ4v) is 5.57. The normalized spacial score (nSPS) is 22.9. The fourth-order valence-electron chi connectivity index (χ4n) is 5.57. The van der Waals surface area contributed by atoms with Crippen LogP contribution in [0.4, 0.5) is 11.8 Å². The molecule has 6 heteroatoms. The average molecular weight is 429 g/mol. The lowest BCUT2D eigenvalue weighted by molar-refractivity contribution is 0.129. The smallest absolute Gasteiger partial charge is 0.224 e. The zero-order valence-corrected chi connectivity index (χ0v) is 20.0. The Morgan fingerprint density at radius 2 is 1.77 bits per heavy atom. The zero-order chi connectivity index (χ0) is 21.5. The largest absolute Gasteiger partial charge is 0.356 e. The van der Waals surface area contributed by atoms with Gasteiger partial charge in [0, 0.05) is 57.3 Å². The Morgan fingerprint density at radius 3 is 2.55 bits per heavy atom. The van der Waals surface area contributed by atoms with Crippen molar-refractivity contribution < 1.29 is 0 Å². The van der Waals surface area contributed by atoms with Gasteiger partial charge in [0.1, 0.15) is 5.82 Å². The van der Waals surface area contributed by atoms with Crippen LogP contribution in [-0.4, -0.2) is 60.2 Å². The molecule has 6 nitrogen and oxygen atoms in total. The van der Waals surface area contributed by atoms with Crippen LogP contribution in [0.3, 0.4) is 0 Å². The molecule has 31 heavy (non-hydrogen) atoms. The van der Waals surface area contributed by atoms with Gasteiger partial charge in [-0.1, -0.05) is 46.0 Å². The number of anilines is 2. The van der Waals surface area contributed by atoms with Crippen LogP contribution >= 0.6 is 0 Å². The molecule has 0 aliphatic carbocycles. The number of likely N-dealkylation sites (tertiary alicyclic amines) is 1. The molecule has 1 unspecified atom stereocenters. The zero-order valence-electron chi connectivity index (χ0n) is 20.0. The summed E-state index contributed by atoms with van der Waals surface area (Å²) >= 11 is 0. The first-order valence-electron chi connectivity index (χ1n) is 13.1. The Morgan fingerprint density at radius 1 is 1.00 bits per heavy atom. The number of fused-ring (bicyclic) bond motifs is 1. The van der Waals surface area contributed by atoms with Crippen molar-refractivity contribution >= 4 is 11.8 Å². The topological polar surface area (TPSA) is 56.3 Å². The van der Waals surface area contributed by atoms with Crippen molar-refractivity contribution in [3.63, 3.8) is 0 Å². The predicted molar refractivity (Wildman–Crippen MR) is 130 cm³/mol. The highest BCUT2D eigenvalue weighted by atomic mass is 15.3. The highest BCUT2D eigenvalue weighted by molar-refractivity contribution is 5.53. The molecule has 0 saturated carbocycles. The van der Waals surface area contributed by atoms with Crippen molar-refractivity contribution in [2.24, 2.45) is 5.92 Å². The summed E-state index contributed by atoms with van der Waals surface area (Å²) < 4.78 is 0. The van der Waals surface area contributed by atoms with Crippen LogP contribution in [0.1, 0.15) is 82.9 Å². The first kappa shape index (κ1) is 22.8. The first-order valence-corrected chi connectivity index (χ1v) is 13.1. The molecule has 3 aliphatic heterocycles. The highest BCUT2D eigenvalue weighted by Gasteiger charge is 2.26. The van der Waals surface area contributed by atoms with Crippen molar-refractivity contribution in [3.8, 4) is 0 Å². The first-order chi connectivity index (χ1) is 15.3. The highest BCUT2D eigenvalue weighted by Crippen LogP contribution is 2.28. The summed E-state index contributed by atoms with van der Waals surface area (Å²) in [4.78, 5) is 15.4. The molecule has 4 rings (SSSR count). The van der Waals surface area contributed by atoms with Gasteiger partial charge in [0.25, 0.3) is 0 Å². The number of piperidine rings is 1. The van der Waals surface area contributed by atoms with Gasteiger partial charge in [-0.05, 0) is 38.1 Å². The van der Waals surface area contributed by atoms with E-state index in [9.17, 15) is 0 Å². The van der Waals surface area contributed by atoms with Crippen molar-refractivity contribution in [1.29, 1.82) is 0 Å². The Balaban J connectivity index is 1.47. The lowest BCUT2D eigenvalue weighted by Gasteiger charge is -2.38. The van der Waals surface area contributed by atoms with Gasteiger partial charge < -0.3 is 15.5 Å². The number of rotatable bonds is 8. The summed E-state index contributed by atoms with van der Waals surface area (Å²) in [6, 6.07) is 0.609. The van der Waals surface area contributed by atoms with E-state index < -0.39 is 0 Å². The van der Waals surface area contributed by atoms with Crippen LogP contribution in [0, 0.1) is 5.92 Å². The van der Waals surface area contributed by atoms with Gasteiger partial charge in [0.2, 0.25) is 5.95 Å². The molecule has 2 fully saturated rings. The van der Waals surface area contributed by atoms with Crippen LogP contribution in [0.15, 0.2) is 0 Å². The average Bonchev–Trinajstić information content (AvgIpc) is 3.11. The van der Waals surface area contributed by atoms with E-state index in [1.165, 1.54) is 88.0 Å². The molecule has 2 saturated heterocycles. The van der Waals surface area contributed by atoms with E-state index in [0.717, 1.165) is 51.0 Å². The van der Waals surface area contributed by atoms with Gasteiger partial charge in [-0.2, -0.15) is 4.98 Å². The maximum Gasteiger partial charge on any atom is 0.224 e. The molecule has 174 valence electrons. The van der Waals surface area contributed by atoms with Gasteiger partial charge in [0.05, 0.1) is 5.69 Å². The third-order valence-corrected chi connectivity index (χ3v) is 7.71. The van der Waals surface area contributed by atoms with Crippen LogP contribution in [0.2, 0.25) is 0 Å². The summed E-state index contributed by atoms with van der Waals surface area (Å²) in [6.45, 7) is 12.3. The molecule has 0 radical (unpaired) electrons. The van der Waals surface area contributed by atoms with Gasteiger partial charge in [-0.25, -0.2) is 4.98 Å². The summed E-state index contributed by atoms with van der Waals surface area (Å²) in [6.07, 6.45) is 12.8. The van der Waals surface area contributed by atoms with Crippen molar-refractivity contribution in [3.05, 3.63) is 11.3 Å². The third kappa shape index (κ3) is 5.89. The van der Waals surface area contributed by atoms with Crippen LogP contribution in [0.5, 0.6) is 0 Å². The molecule has 1 atom stereocenters. The molecule has 1 aromatic heterocycles. The van der Waals surface area contributed by atoms with Crippen molar-refractivity contribution in [1.82, 2.24) is 20.2 Å². The molecule has 0 amide bonds. The van der Waals surface area contributed by atoms with Crippen LogP contribution in [-0.2, 0) is 13.0 Å². The molecule has 3 aliphatic rings. The van der Waals surface area contributed by atoms with Crippen LogP contribution < -0.4 is 15.5 Å². The number of hydrogen-bond acceptors (Lipinski definition) is 6. The number of nitrogens with one attached hydrogen (secondary N) is 2. The van der Waals surface area contributed by atoms with Gasteiger partial charge in [-0.15, -0.1) is 0 Å². The van der Waals surface area contributed by atoms with E-state index in [4.69, 9.17) is 9.97 Å². The Kier molecular flexibility index (Phi) is 8.42. The minimum atomic E-state index is 0.609. The van der Waals surface area contributed by atoms with E-state index >= 15 is 0 Å². The molecule has 1 aromatic rings. The van der Waals surface area contributed by atoms with E-state index in [-0.39, 0.29) is 0 Å². The summed E-state index contributed by atoms with van der Waals surface area (Å²) in [5.74, 6) is 2.87. The van der Waals surface area contributed by atoms with E-state index in [0.29, 0.717) is 6.04 Å². The summed E-state index contributed by atoms with van der Waals surface area (Å²) in [5, 5.41) is 7.23. The second-order valence-corrected chi connectivity index (χ2v) is 9.83. The molecule has 0 spiro atoms. The second-order valence-electron chi connectivity index (χ2n) is 9.83. The number of aromatic nitrogens is 2. The van der Waals surface area contributed by atoms with Crippen LogP contribution in [0.25, 0.3) is 0 Å². The lowest BCUT2D eigenvalue weighted by atomic mass is 9.97. The maximum absolute atomic E-state index is 5.10. The third-order valence-electron chi connectivity index (χ3n) is 7.71. The Bertz CT molecular complexity index is 681. The minimum absolute atomic E-state index is 0.609. The van der Waals surface area contributed by atoms with E-state index in [2.05, 4.69) is 34.3 Å². The standard InChI is InChI=1S/C25H44N6/c1-3-20(4-2)19-31-16-10-7-11-21(31)17-27-25-28-23-12-13-26-18-22(23)24(29-25)30-14-8-5-6-9-15-30/h20-21,26H,3-19H2,1-2H3,(H,27,28,29). The monoisotopic (exact) mass is 428 g/mol. The maximum atomic E-state index is 5.10. The summed E-state index contributed by atoms with van der Waals surface area (Å²) in [5.41, 5.74) is 2.60. The number of nitrogens with zero attached hydrogens (tertiary/aromatic N) is 4. The minimum Gasteiger partial charge on any atom is -0.356 e. The van der Waals surface area contributed by atoms with E-state index in [1.807, 2.05) is 0 Å². The van der Waals surface area contributed by atoms with Gasteiger partial charge in [0.15, 0.2) is 0 Å². The molecule has 0 aromatic carbocycles. The fraction of sp³-hybridized carbons (Fsp3) is 0.840. The molecule has 0 bridgehead atoms. The molecule has 4 heterocycles. The second kappa shape index (κ2) is 11.5. The van der Waals surface area contributed by atoms with Crippen molar-refractivity contribution in [2.45, 2.75) is 90.6 Å². The summed E-state index contributed by atoms with van der Waals surface area (Å²) in [7, 11) is 0. The predicted octanol–water partition coefficient (Wildman–Crippen LogP) is 4.21. The SMILES string of the molecule is CCC(CC)CN1CCCCC1CNc1nc2c(c(N3CCCCCC3)n1)CNCC2. The molecule has 2 N–H and O–H groups in total. The Labute approximate surface area is 189 Å². The quantitative estimate of drug-likeness (QED) is 0.647. The molecular weight excluding hydrogens is 384 g/mol. The van der Waals surface area contributed by atoms with E-state index in [1.54, 1.807) is 0 Å². The lowest BCUT2D eigenvalue weighted by Crippen LogP contribution is -2.45. The van der Waals surface area contributed by atoms with Gasteiger partial charge in [-0.3, -0.25) is 4.90 Å². The Hall–Kier alpha value is -1.40. The number of hydrogen-bond donors (Lipinski definition) is 2.